The number of nitrogens with zero attached hydrogens (tertiary/aromatic N) is 3. The van der Waals surface area contributed by atoms with Crippen molar-refractivity contribution in [3.8, 4) is 0 Å². The summed E-state index contributed by atoms with van der Waals surface area (Å²) in [5.74, 6) is 1.90. The maximum atomic E-state index is 12.1. The van der Waals surface area contributed by atoms with E-state index in [2.05, 4.69) is 14.5 Å². The van der Waals surface area contributed by atoms with Gasteiger partial charge in [-0.1, -0.05) is 6.42 Å². The summed E-state index contributed by atoms with van der Waals surface area (Å²) in [6, 6.07) is 0.462. The Morgan fingerprint density at radius 1 is 1.32 bits per heavy atom. The number of rotatable bonds is 3. The second-order valence-electron chi connectivity index (χ2n) is 5.95. The van der Waals surface area contributed by atoms with Gasteiger partial charge in [-0.25, -0.2) is 4.98 Å². The van der Waals surface area contributed by atoms with E-state index in [0.29, 0.717) is 11.8 Å². The molecule has 1 aliphatic carbocycles. The van der Waals surface area contributed by atoms with Crippen LogP contribution < -0.4 is 0 Å². The van der Waals surface area contributed by atoms with Crippen LogP contribution in [-0.2, 0) is 18.4 Å². The minimum Gasteiger partial charge on any atom is -0.337 e. The molecule has 19 heavy (non-hydrogen) atoms. The molecule has 0 radical (unpaired) electrons. The van der Waals surface area contributed by atoms with Gasteiger partial charge in [0.05, 0.1) is 6.54 Å². The first-order chi connectivity index (χ1) is 9.25. The van der Waals surface area contributed by atoms with Gasteiger partial charge >= 0.3 is 0 Å². The Morgan fingerprint density at radius 2 is 2.21 bits per heavy atom. The Balaban J connectivity index is 1.70. The quantitative estimate of drug-likeness (QED) is 0.836. The molecule has 104 valence electrons. The van der Waals surface area contributed by atoms with Crippen molar-refractivity contribution in [2.45, 2.75) is 51.1 Å². The highest BCUT2D eigenvalue weighted by Gasteiger charge is 2.36. The van der Waals surface area contributed by atoms with Crippen LogP contribution >= 0.6 is 0 Å². The van der Waals surface area contributed by atoms with Crippen molar-refractivity contribution in [2.75, 3.05) is 6.54 Å². The minimum atomic E-state index is 0.288. The van der Waals surface area contributed by atoms with Crippen LogP contribution in [-0.4, -0.2) is 32.8 Å². The fourth-order valence-electron chi connectivity index (χ4n) is 3.65. The molecule has 0 aromatic carbocycles. The summed E-state index contributed by atoms with van der Waals surface area (Å²) in [6.45, 7) is 2.00. The Hall–Kier alpha value is -1.16. The van der Waals surface area contributed by atoms with E-state index < -0.39 is 0 Å². The van der Waals surface area contributed by atoms with E-state index in [1.165, 1.54) is 19.3 Å². The van der Waals surface area contributed by atoms with Crippen LogP contribution in [0.1, 0.15) is 44.3 Å². The number of Topliss-reactive ketones (excluding diaryl/α,β-unsaturated/α-hetero) is 1. The van der Waals surface area contributed by atoms with Crippen molar-refractivity contribution in [3.63, 3.8) is 0 Å². The molecule has 2 fully saturated rings. The molecule has 1 saturated heterocycles. The van der Waals surface area contributed by atoms with E-state index in [4.69, 9.17) is 0 Å². The lowest BCUT2D eigenvalue weighted by Gasteiger charge is -2.32. The monoisotopic (exact) mass is 261 g/mol. The number of carbonyl (C=O) groups is 1. The van der Waals surface area contributed by atoms with Gasteiger partial charge in [0, 0.05) is 37.8 Å². The van der Waals surface area contributed by atoms with Crippen LogP contribution in [0, 0.1) is 5.92 Å². The molecular formula is C15H23N3O. The van der Waals surface area contributed by atoms with Crippen LogP contribution in [0.15, 0.2) is 12.4 Å². The topological polar surface area (TPSA) is 38.1 Å². The molecule has 0 N–H and O–H groups in total. The number of likely N-dealkylation sites (tertiary alicyclic amines) is 1. The third kappa shape index (κ3) is 2.59. The maximum absolute atomic E-state index is 12.1. The van der Waals surface area contributed by atoms with Gasteiger partial charge < -0.3 is 4.57 Å². The first-order valence-electron chi connectivity index (χ1n) is 7.48. The lowest BCUT2D eigenvalue weighted by Crippen LogP contribution is -2.40. The molecule has 0 bridgehead atoms. The Labute approximate surface area is 114 Å². The highest BCUT2D eigenvalue weighted by molar-refractivity contribution is 5.82. The fourth-order valence-corrected chi connectivity index (χ4v) is 3.65. The highest BCUT2D eigenvalue weighted by Crippen LogP contribution is 2.32. The number of carbonyl (C=O) groups excluding carboxylic acids is 1. The standard InChI is InChI=1S/C15H23N3O/c1-17-10-8-16-15(17)11-18-9-4-6-13(18)12-5-2-3-7-14(12)19/h8,10,12-13H,2-7,9,11H2,1H3. The minimum absolute atomic E-state index is 0.288. The molecule has 1 saturated carbocycles. The van der Waals surface area contributed by atoms with Gasteiger partial charge in [0.1, 0.15) is 11.6 Å². The zero-order chi connectivity index (χ0) is 13.2. The van der Waals surface area contributed by atoms with Gasteiger partial charge in [0.2, 0.25) is 0 Å². The zero-order valence-electron chi connectivity index (χ0n) is 11.7. The third-order valence-electron chi connectivity index (χ3n) is 4.75. The van der Waals surface area contributed by atoms with E-state index in [1.807, 2.05) is 19.4 Å². The van der Waals surface area contributed by atoms with E-state index in [-0.39, 0.29) is 5.92 Å². The largest absolute Gasteiger partial charge is 0.337 e. The first kappa shape index (κ1) is 12.9. The van der Waals surface area contributed by atoms with Gasteiger partial charge in [-0.3, -0.25) is 9.69 Å². The van der Waals surface area contributed by atoms with Crippen molar-refractivity contribution in [1.82, 2.24) is 14.5 Å². The first-order valence-corrected chi connectivity index (χ1v) is 7.48. The van der Waals surface area contributed by atoms with Crippen molar-refractivity contribution in [1.29, 1.82) is 0 Å². The lowest BCUT2D eigenvalue weighted by atomic mass is 9.82. The van der Waals surface area contributed by atoms with Gasteiger partial charge in [-0.2, -0.15) is 0 Å². The SMILES string of the molecule is Cn1ccnc1CN1CCCC1C1CCCCC1=O. The van der Waals surface area contributed by atoms with E-state index in [9.17, 15) is 4.79 Å². The molecule has 2 heterocycles. The van der Waals surface area contributed by atoms with Crippen LogP contribution in [0.25, 0.3) is 0 Å². The Kier molecular flexibility index (Phi) is 3.69. The Morgan fingerprint density at radius 3 is 2.95 bits per heavy atom. The molecule has 2 aliphatic rings. The second kappa shape index (κ2) is 5.45. The molecule has 4 heteroatoms. The van der Waals surface area contributed by atoms with E-state index in [1.54, 1.807) is 0 Å². The summed E-state index contributed by atoms with van der Waals surface area (Å²) in [5, 5.41) is 0. The van der Waals surface area contributed by atoms with Crippen molar-refractivity contribution < 1.29 is 4.79 Å². The number of hydrogen-bond donors (Lipinski definition) is 0. The molecule has 1 aromatic heterocycles. The van der Waals surface area contributed by atoms with Gasteiger partial charge in [-0.15, -0.1) is 0 Å². The summed E-state index contributed by atoms with van der Waals surface area (Å²) in [7, 11) is 2.04. The predicted octanol–water partition coefficient (Wildman–Crippen LogP) is 2.14. The second-order valence-corrected chi connectivity index (χ2v) is 5.95. The number of aromatic nitrogens is 2. The average Bonchev–Trinajstić information content (AvgIpc) is 3.01. The van der Waals surface area contributed by atoms with Crippen molar-refractivity contribution in [2.24, 2.45) is 13.0 Å². The average molecular weight is 261 g/mol. The van der Waals surface area contributed by atoms with Crippen LogP contribution in [0.5, 0.6) is 0 Å². The predicted molar refractivity (Wildman–Crippen MR) is 73.6 cm³/mol. The smallest absolute Gasteiger partial charge is 0.137 e. The lowest BCUT2D eigenvalue weighted by molar-refractivity contribution is -0.126. The summed E-state index contributed by atoms with van der Waals surface area (Å²) < 4.78 is 2.08. The van der Waals surface area contributed by atoms with Gasteiger partial charge in [0.15, 0.2) is 0 Å². The van der Waals surface area contributed by atoms with Crippen LogP contribution in [0.3, 0.4) is 0 Å². The molecule has 0 spiro atoms. The molecule has 2 atom stereocenters. The molecule has 3 rings (SSSR count). The summed E-state index contributed by atoms with van der Waals surface area (Å²) in [5.41, 5.74) is 0. The number of aryl methyl sites for hydroxylation is 1. The molecule has 2 unspecified atom stereocenters. The van der Waals surface area contributed by atoms with Crippen molar-refractivity contribution in [3.05, 3.63) is 18.2 Å². The summed E-state index contributed by atoms with van der Waals surface area (Å²) in [6.07, 6.45) is 10.5. The van der Waals surface area contributed by atoms with Gasteiger partial charge in [-0.05, 0) is 32.2 Å². The molecule has 4 nitrogen and oxygen atoms in total. The molecule has 1 aliphatic heterocycles. The zero-order valence-corrected chi connectivity index (χ0v) is 11.7. The van der Waals surface area contributed by atoms with Crippen LogP contribution in [0.4, 0.5) is 0 Å². The summed E-state index contributed by atoms with van der Waals surface area (Å²) in [4.78, 5) is 19.0. The number of ketones is 1. The van der Waals surface area contributed by atoms with E-state index >= 15 is 0 Å². The highest BCUT2D eigenvalue weighted by atomic mass is 16.1. The normalized spacial score (nSPS) is 29.0. The molecule has 1 aromatic rings. The Bertz CT molecular complexity index is 454. The van der Waals surface area contributed by atoms with E-state index in [0.717, 1.165) is 38.2 Å². The number of hydrogen-bond acceptors (Lipinski definition) is 3. The van der Waals surface area contributed by atoms with Crippen molar-refractivity contribution >= 4 is 5.78 Å². The third-order valence-corrected chi connectivity index (χ3v) is 4.75. The summed E-state index contributed by atoms with van der Waals surface area (Å²) >= 11 is 0. The maximum Gasteiger partial charge on any atom is 0.137 e. The molecular weight excluding hydrogens is 238 g/mol. The fraction of sp³-hybridized carbons (Fsp3) is 0.733. The molecule has 0 amide bonds. The van der Waals surface area contributed by atoms with Gasteiger partial charge in [0.25, 0.3) is 0 Å². The van der Waals surface area contributed by atoms with Crippen LogP contribution in [0.2, 0.25) is 0 Å². The number of imidazole rings is 1.